The van der Waals surface area contributed by atoms with Crippen LogP contribution in [0.3, 0.4) is 0 Å². The zero-order valence-corrected chi connectivity index (χ0v) is 13.7. The van der Waals surface area contributed by atoms with Gasteiger partial charge in [0.25, 0.3) is 0 Å². The van der Waals surface area contributed by atoms with E-state index in [2.05, 4.69) is 39.6 Å². The Bertz CT molecular complexity index is 399. The van der Waals surface area contributed by atoms with E-state index in [1.165, 1.54) is 31.2 Å². The Morgan fingerprint density at radius 2 is 2.17 bits per heavy atom. The fourth-order valence-corrected chi connectivity index (χ4v) is 4.22. The van der Waals surface area contributed by atoms with Gasteiger partial charge in [0.05, 0.1) is 0 Å². The molecule has 0 heterocycles. The number of halogens is 2. The number of thioether (sulfide) groups is 1. The Kier molecular flexibility index (Phi) is 5.87. The molecule has 1 nitrogen and oxygen atoms in total. The molecule has 1 saturated carbocycles. The minimum Gasteiger partial charge on any atom is -0.309 e. The molecular weight excluding hydrogens is 330 g/mol. The Hall–Kier alpha value is 0.300. The standard InChI is InChI=1S/C14H19BrClNS/c1-18-14-5-3-2-4-13(14)17-9-10-6-7-11(15)8-12(10)16/h6-8,13-14,17H,2-5,9H2,1H3. The van der Waals surface area contributed by atoms with Gasteiger partial charge >= 0.3 is 0 Å². The molecule has 0 saturated heterocycles. The molecule has 2 atom stereocenters. The molecule has 1 aliphatic rings. The van der Waals surface area contributed by atoms with Crippen molar-refractivity contribution in [2.45, 2.75) is 43.5 Å². The van der Waals surface area contributed by atoms with Crippen LogP contribution in [0.4, 0.5) is 0 Å². The van der Waals surface area contributed by atoms with Crippen LogP contribution < -0.4 is 5.32 Å². The normalized spacial score (nSPS) is 24.2. The van der Waals surface area contributed by atoms with Crippen LogP contribution in [0.2, 0.25) is 5.02 Å². The van der Waals surface area contributed by atoms with Gasteiger partial charge in [0.1, 0.15) is 0 Å². The quantitative estimate of drug-likeness (QED) is 0.833. The summed E-state index contributed by atoms with van der Waals surface area (Å²) in [6.07, 6.45) is 7.58. The van der Waals surface area contributed by atoms with Gasteiger partial charge in [-0.25, -0.2) is 0 Å². The maximum absolute atomic E-state index is 6.24. The predicted octanol–water partition coefficient (Wildman–Crippen LogP) is 4.87. The van der Waals surface area contributed by atoms with Crippen LogP contribution in [-0.2, 0) is 6.54 Å². The van der Waals surface area contributed by atoms with Crippen molar-refractivity contribution < 1.29 is 0 Å². The summed E-state index contributed by atoms with van der Waals surface area (Å²) in [7, 11) is 0. The zero-order chi connectivity index (χ0) is 13.0. The van der Waals surface area contributed by atoms with Gasteiger partial charge in [-0.3, -0.25) is 0 Å². The SMILES string of the molecule is CSC1CCCCC1NCc1ccc(Br)cc1Cl. The van der Waals surface area contributed by atoms with E-state index in [1.807, 2.05) is 17.8 Å². The van der Waals surface area contributed by atoms with Gasteiger partial charge in [0, 0.05) is 27.3 Å². The molecule has 1 aromatic carbocycles. The molecule has 100 valence electrons. The van der Waals surface area contributed by atoms with Gasteiger partial charge in [0.2, 0.25) is 0 Å². The van der Waals surface area contributed by atoms with E-state index in [0.717, 1.165) is 21.3 Å². The Morgan fingerprint density at radius 1 is 1.39 bits per heavy atom. The van der Waals surface area contributed by atoms with E-state index in [9.17, 15) is 0 Å². The molecule has 18 heavy (non-hydrogen) atoms. The molecule has 1 aromatic rings. The average Bonchev–Trinajstić information content (AvgIpc) is 2.38. The molecule has 4 heteroatoms. The van der Waals surface area contributed by atoms with Crippen LogP contribution in [0.25, 0.3) is 0 Å². The largest absolute Gasteiger partial charge is 0.309 e. The summed E-state index contributed by atoms with van der Waals surface area (Å²) >= 11 is 11.7. The number of benzene rings is 1. The van der Waals surface area contributed by atoms with Crippen molar-refractivity contribution >= 4 is 39.3 Å². The smallest absolute Gasteiger partial charge is 0.0462 e. The first kappa shape index (κ1) is 14.7. The Balaban J connectivity index is 1.93. The third-order valence-electron chi connectivity index (χ3n) is 3.58. The van der Waals surface area contributed by atoms with Gasteiger partial charge < -0.3 is 5.32 Å². The Morgan fingerprint density at radius 3 is 2.89 bits per heavy atom. The van der Waals surface area contributed by atoms with Crippen LogP contribution in [0.15, 0.2) is 22.7 Å². The molecule has 0 aromatic heterocycles. The molecule has 2 rings (SSSR count). The van der Waals surface area contributed by atoms with E-state index in [0.29, 0.717) is 6.04 Å². The van der Waals surface area contributed by atoms with E-state index < -0.39 is 0 Å². The van der Waals surface area contributed by atoms with Crippen molar-refractivity contribution in [2.24, 2.45) is 0 Å². The number of hydrogen-bond acceptors (Lipinski definition) is 2. The third kappa shape index (κ3) is 3.89. The Labute approximate surface area is 127 Å². The van der Waals surface area contributed by atoms with Gasteiger partial charge in [-0.2, -0.15) is 11.8 Å². The molecule has 0 aliphatic heterocycles. The first-order valence-corrected chi connectivity index (χ1v) is 8.86. The summed E-state index contributed by atoms with van der Waals surface area (Å²) in [5.74, 6) is 0. The van der Waals surface area contributed by atoms with Crippen LogP contribution in [0.1, 0.15) is 31.2 Å². The zero-order valence-electron chi connectivity index (χ0n) is 10.6. The van der Waals surface area contributed by atoms with Gasteiger partial charge in [-0.1, -0.05) is 46.4 Å². The lowest BCUT2D eigenvalue weighted by atomic mass is 9.94. The van der Waals surface area contributed by atoms with E-state index >= 15 is 0 Å². The summed E-state index contributed by atoms with van der Waals surface area (Å²) in [6.45, 7) is 0.869. The minimum absolute atomic E-state index is 0.633. The van der Waals surface area contributed by atoms with Crippen molar-refractivity contribution in [1.82, 2.24) is 5.32 Å². The maximum Gasteiger partial charge on any atom is 0.0462 e. The van der Waals surface area contributed by atoms with Crippen LogP contribution in [0, 0.1) is 0 Å². The van der Waals surface area contributed by atoms with E-state index in [-0.39, 0.29) is 0 Å². The number of rotatable bonds is 4. The molecule has 0 spiro atoms. The van der Waals surface area contributed by atoms with Crippen molar-refractivity contribution in [1.29, 1.82) is 0 Å². The average molecular weight is 349 g/mol. The monoisotopic (exact) mass is 347 g/mol. The highest BCUT2D eigenvalue weighted by Crippen LogP contribution is 2.28. The molecular formula is C14H19BrClNS. The fourth-order valence-electron chi connectivity index (χ4n) is 2.52. The topological polar surface area (TPSA) is 12.0 Å². The number of nitrogens with one attached hydrogen (secondary N) is 1. The van der Waals surface area contributed by atoms with Crippen molar-refractivity contribution in [2.75, 3.05) is 6.26 Å². The second-order valence-electron chi connectivity index (χ2n) is 4.78. The molecule has 0 amide bonds. The van der Waals surface area contributed by atoms with Crippen molar-refractivity contribution in [3.63, 3.8) is 0 Å². The van der Waals surface area contributed by atoms with Crippen LogP contribution >= 0.6 is 39.3 Å². The maximum atomic E-state index is 6.24. The highest BCUT2D eigenvalue weighted by Gasteiger charge is 2.23. The fraction of sp³-hybridized carbons (Fsp3) is 0.571. The minimum atomic E-state index is 0.633. The summed E-state index contributed by atoms with van der Waals surface area (Å²) in [4.78, 5) is 0. The number of hydrogen-bond donors (Lipinski definition) is 1. The summed E-state index contributed by atoms with van der Waals surface area (Å²) in [5, 5.41) is 5.28. The molecule has 0 bridgehead atoms. The van der Waals surface area contributed by atoms with E-state index in [1.54, 1.807) is 0 Å². The summed E-state index contributed by atoms with van der Waals surface area (Å²) in [5.41, 5.74) is 1.19. The van der Waals surface area contributed by atoms with Crippen LogP contribution in [-0.4, -0.2) is 17.5 Å². The van der Waals surface area contributed by atoms with Crippen molar-refractivity contribution in [3.05, 3.63) is 33.3 Å². The van der Waals surface area contributed by atoms with Gasteiger partial charge in [-0.15, -0.1) is 0 Å². The first-order chi connectivity index (χ1) is 8.70. The molecule has 2 unspecified atom stereocenters. The van der Waals surface area contributed by atoms with Crippen LogP contribution in [0.5, 0.6) is 0 Å². The molecule has 1 N–H and O–H groups in total. The second kappa shape index (κ2) is 7.18. The molecule has 0 radical (unpaired) electrons. The highest BCUT2D eigenvalue weighted by molar-refractivity contribution is 9.10. The predicted molar refractivity (Wildman–Crippen MR) is 85.6 cm³/mol. The van der Waals surface area contributed by atoms with Gasteiger partial charge in [0.15, 0.2) is 0 Å². The second-order valence-corrected chi connectivity index (χ2v) is 7.18. The lowest BCUT2D eigenvalue weighted by molar-refractivity contribution is 0.383. The van der Waals surface area contributed by atoms with E-state index in [4.69, 9.17) is 11.6 Å². The third-order valence-corrected chi connectivity index (χ3v) is 5.59. The summed E-state index contributed by atoms with van der Waals surface area (Å²) < 4.78 is 1.04. The molecule has 1 fully saturated rings. The summed E-state index contributed by atoms with van der Waals surface area (Å²) in [6, 6.07) is 6.74. The molecule has 1 aliphatic carbocycles. The van der Waals surface area contributed by atoms with Crippen molar-refractivity contribution in [3.8, 4) is 0 Å². The first-order valence-electron chi connectivity index (χ1n) is 6.41. The van der Waals surface area contributed by atoms with Gasteiger partial charge in [-0.05, 0) is 36.8 Å². The lowest BCUT2D eigenvalue weighted by Crippen LogP contribution is -2.39. The highest BCUT2D eigenvalue weighted by atomic mass is 79.9. The lowest BCUT2D eigenvalue weighted by Gasteiger charge is -2.31.